The average molecular weight is 604 g/mol. The van der Waals surface area contributed by atoms with Gasteiger partial charge in [-0.3, -0.25) is 0 Å². The smallest absolute Gasteiger partial charge is 0.377 e. The van der Waals surface area contributed by atoms with Crippen LogP contribution in [0.4, 0.5) is 92.2 Å². The van der Waals surface area contributed by atoms with Crippen molar-refractivity contribution in [1.29, 1.82) is 0 Å². The number of hydrogen-bond acceptors (Lipinski definition) is 1. The summed E-state index contributed by atoms with van der Waals surface area (Å²) in [5.41, 5.74) is 0. The Hall–Kier alpha value is -1.77. The van der Waals surface area contributed by atoms with Crippen LogP contribution in [0.15, 0.2) is 12.7 Å². The molecule has 0 unspecified atom stereocenters. The number of alkyl halides is 21. The second-order valence-electron chi connectivity index (χ2n) is 6.91. The van der Waals surface area contributed by atoms with Crippen LogP contribution in [-0.4, -0.2) is 72.7 Å². The molecule has 0 atom stereocenters. The van der Waals surface area contributed by atoms with E-state index in [4.69, 9.17) is 0 Å². The lowest BCUT2D eigenvalue weighted by atomic mass is 9.86. The molecule has 0 radical (unpaired) electrons. The monoisotopic (exact) mass is 604 g/mol. The Morgan fingerprint density at radius 3 is 0.973 bits per heavy atom. The van der Waals surface area contributed by atoms with Gasteiger partial charge in [-0.1, -0.05) is 6.08 Å². The molecule has 0 aliphatic heterocycles. The van der Waals surface area contributed by atoms with Crippen LogP contribution < -0.4 is 0 Å². The number of ether oxygens (including phenoxy) is 1. The zero-order chi connectivity index (χ0) is 30.5. The lowest BCUT2D eigenvalue weighted by Crippen LogP contribution is -2.76. The van der Waals surface area contributed by atoms with E-state index < -0.39 is 79.1 Å². The highest BCUT2D eigenvalue weighted by Gasteiger charge is 2.97. The first kappa shape index (κ1) is 35.2. The van der Waals surface area contributed by atoms with Gasteiger partial charge in [-0.25, -0.2) is 0 Å². The maximum Gasteiger partial charge on any atom is 0.460 e. The lowest BCUT2D eigenvalue weighted by Gasteiger charge is -2.44. The summed E-state index contributed by atoms with van der Waals surface area (Å²) in [6.07, 6.45) is -10.1. The first-order valence-corrected chi connectivity index (χ1v) is 8.47. The minimum atomic E-state index is -9.16. The summed E-state index contributed by atoms with van der Waals surface area (Å²) in [4.78, 5) is 0. The summed E-state index contributed by atoms with van der Waals surface area (Å²) in [5.74, 6) is -76.8. The first-order chi connectivity index (χ1) is 15.8. The summed E-state index contributed by atoms with van der Waals surface area (Å²) in [5, 5.41) is 0. The molecule has 0 aromatic rings. The van der Waals surface area contributed by atoms with Gasteiger partial charge in [-0.2, -0.15) is 92.2 Å². The minimum absolute atomic E-state index is 0.708. The van der Waals surface area contributed by atoms with Gasteiger partial charge in [-0.05, 0) is 0 Å². The normalized spacial score (nSPS) is 16.2. The number of halogens is 21. The highest BCUT2D eigenvalue weighted by atomic mass is 19.4. The lowest BCUT2D eigenvalue weighted by molar-refractivity contribution is -0.474. The van der Waals surface area contributed by atoms with Crippen molar-refractivity contribution in [3.05, 3.63) is 12.7 Å². The van der Waals surface area contributed by atoms with Gasteiger partial charge in [0.25, 0.3) is 0 Å². The predicted molar refractivity (Wildman–Crippen MR) is 76.2 cm³/mol. The van der Waals surface area contributed by atoms with E-state index in [0.717, 1.165) is 0 Å². The third kappa shape index (κ3) is 4.78. The third-order valence-corrected chi connectivity index (χ3v) is 4.37. The van der Waals surface area contributed by atoms with E-state index >= 15 is 0 Å². The van der Waals surface area contributed by atoms with Crippen molar-refractivity contribution in [3.8, 4) is 0 Å². The van der Waals surface area contributed by atoms with Gasteiger partial charge in [0.05, 0.1) is 13.2 Å². The van der Waals surface area contributed by atoms with Gasteiger partial charge in [0, 0.05) is 6.42 Å². The van der Waals surface area contributed by atoms with Crippen molar-refractivity contribution >= 4 is 0 Å². The highest BCUT2D eigenvalue weighted by molar-refractivity contribution is 5.17. The Kier molecular flexibility index (Phi) is 9.00. The third-order valence-electron chi connectivity index (χ3n) is 4.37. The second-order valence-corrected chi connectivity index (χ2v) is 6.91. The Morgan fingerprint density at radius 2 is 0.703 bits per heavy atom. The predicted octanol–water partition coefficient (Wildman–Crippen LogP) is 7.86. The van der Waals surface area contributed by atoms with E-state index in [0.29, 0.717) is 6.08 Å². The molecule has 0 N–H and O–H groups in total. The Labute approximate surface area is 190 Å². The summed E-state index contributed by atoms with van der Waals surface area (Å²) < 4.78 is 280. The summed E-state index contributed by atoms with van der Waals surface area (Å²) in [6, 6.07) is 0. The summed E-state index contributed by atoms with van der Waals surface area (Å²) in [6.45, 7) is 0.293. The van der Waals surface area contributed by atoms with E-state index in [1.165, 1.54) is 0 Å². The van der Waals surface area contributed by atoms with Gasteiger partial charge < -0.3 is 4.74 Å². The van der Waals surface area contributed by atoms with Crippen molar-refractivity contribution in [2.24, 2.45) is 0 Å². The molecule has 1 nitrogen and oxygen atoms in total. The van der Waals surface area contributed by atoms with Crippen LogP contribution in [0.1, 0.15) is 6.42 Å². The molecular weight excluding hydrogens is 595 g/mol. The van der Waals surface area contributed by atoms with Crippen molar-refractivity contribution < 1.29 is 96.9 Å². The molecule has 0 rings (SSSR count). The number of rotatable bonds is 13. The van der Waals surface area contributed by atoms with E-state index in [-0.39, 0.29) is 0 Å². The fraction of sp³-hybridized carbons (Fsp3) is 0.867. The molecule has 0 fully saturated rings. The van der Waals surface area contributed by atoms with Crippen LogP contribution in [0, 0.1) is 0 Å². The molecule has 22 heteroatoms. The molecule has 222 valence electrons. The van der Waals surface area contributed by atoms with E-state index in [1.807, 2.05) is 0 Å². The SMILES string of the molecule is C=CCOCCC(F)(F)C(F)(F)C(F)(F)C(F)(F)C(F)(F)C(F)(F)C(F)(F)C(F)(F)C(F)(F)C(F)(F)F. The molecule has 0 spiro atoms. The van der Waals surface area contributed by atoms with Crippen LogP contribution in [-0.2, 0) is 4.74 Å². The topological polar surface area (TPSA) is 9.23 Å². The summed E-state index contributed by atoms with van der Waals surface area (Å²) in [7, 11) is 0. The highest BCUT2D eigenvalue weighted by Crippen LogP contribution is 2.66. The molecule has 0 saturated carbocycles. The zero-order valence-electron chi connectivity index (χ0n) is 16.8. The van der Waals surface area contributed by atoms with Crippen molar-refractivity contribution in [1.82, 2.24) is 0 Å². The van der Waals surface area contributed by atoms with Crippen LogP contribution in [0.3, 0.4) is 0 Å². The molecule has 0 aliphatic carbocycles. The quantitative estimate of drug-likeness (QED) is 0.118. The molecule has 0 amide bonds. The van der Waals surface area contributed by atoms with Crippen molar-refractivity contribution in [2.75, 3.05) is 13.2 Å². The number of hydrogen-bond donors (Lipinski definition) is 0. The van der Waals surface area contributed by atoms with Crippen LogP contribution in [0.2, 0.25) is 0 Å². The molecule has 0 bridgehead atoms. The van der Waals surface area contributed by atoms with Gasteiger partial charge >= 0.3 is 59.5 Å². The molecular formula is C15H9F21O. The standard InChI is InChI=1S/C15H9F21O/c1-2-4-37-5-3-6(16,17)7(18,19)8(20,21)9(22,23)10(24,25)11(26,27)12(28,29)13(30,31)14(32,33)15(34,35)36/h2H,1,3-5H2. The van der Waals surface area contributed by atoms with E-state index in [1.54, 1.807) is 0 Å². The summed E-state index contributed by atoms with van der Waals surface area (Å²) >= 11 is 0. The minimum Gasteiger partial charge on any atom is -0.377 e. The molecule has 37 heavy (non-hydrogen) atoms. The van der Waals surface area contributed by atoms with Crippen molar-refractivity contribution in [2.45, 2.75) is 65.9 Å². The molecule has 0 saturated heterocycles. The van der Waals surface area contributed by atoms with Gasteiger partial charge in [0.15, 0.2) is 0 Å². The van der Waals surface area contributed by atoms with Crippen LogP contribution >= 0.6 is 0 Å². The van der Waals surface area contributed by atoms with Gasteiger partial charge in [0.2, 0.25) is 0 Å². The molecule has 0 aromatic heterocycles. The molecule has 0 aromatic carbocycles. The van der Waals surface area contributed by atoms with Gasteiger partial charge in [0.1, 0.15) is 0 Å². The molecule has 0 heterocycles. The largest absolute Gasteiger partial charge is 0.460 e. The van der Waals surface area contributed by atoms with Crippen LogP contribution in [0.5, 0.6) is 0 Å². The Morgan fingerprint density at radius 1 is 0.432 bits per heavy atom. The molecule has 0 aliphatic rings. The maximum atomic E-state index is 13.6. The van der Waals surface area contributed by atoms with E-state index in [9.17, 15) is 92.2 Å². The van der Waals surface area contributed by atoms with Crippen molar-refractivity contribution in [3.63, 3.8) is 0 Å². The first-order valence-electron chi connectivity index (χ1n) is 8.47. The fourth-order valence-electron chi connectivity index (χ4n) is 2.11. The Bertz CT molecular complexity index is 807. The van der Waals surface area contributed by atoms with Gasteiger partial charge in [-0.15, -0.1) is 6.58 Å². The average Bonchev–Trinajstić information content (AvgIpc) is 2.69. The zero-order valence-corrected chi connectivity index (χ0v) is 16.8. The van der Waals surface area contributed by atoms with Crippen LogP contribution in [0.25, 0.3) is 0 Å². The maximum absolute atomic E-state index is 13.6. The van der Waals surface area contributed by atoms with E-state index in [2.05, 4.69) is 11.3 Å². The Balaban J connectivity index is 6.82. The fourth-order valence-corrected chi connectivity index (χ4v) is 2.11. The second kappa shape index (κ2) is 9.45.